The second kappa shape index (κ2) is 11.2. The molecule has 3 N–H and O–H groups in total. The monoisotopic (exact) mass is 578 g/mol. The van der Waals surface area contributed by atoms with E-state index in [1.54, 1.807) is 12.1 Å². The first-order valence-electron chi connectivity index (χ1n) is 11.6. The molecule has 1 unspecified atom stereocenters. The Hall–Kier alpha value is -3.33. The van der Waals surface area contributed by atoms with E-state index in [1.807, 2.05) is 56.3 Å². The Bertz CT molecular complexity index is 1550. The summed E-state index contributed by atoms with van der Waals surface area (Å²) in [6, 6.07) is 16.6. The van der Waals surface area contributed by atoms with E-state index in [0.29, 0.717) is 10.7 Å². The first kappa shape index (κ1) is 27.7. The Morgan fingerprint density at radius 2 is 1.82 bits per heavy atom. The molecular formula is C23H27ClN8O4S2. The lowest BCUT2D eigenvalue weighted by Crippen LogP contribution is -2.42. The van der Waals surface area contributed by atoms with Crippen molar-refractivity contribution < 1.29 is 16.8 Å². The second-order valence-electron chi connectivity index (χ2n) is 8.81. The molecule has 0 bridgehead atoms. The van der Waals surface area contributed by atoms with Gasteiger partial charge in [0.2, 0.25) is 21.0 Å². The summed E-state index contributed by atoms with van der Waals surface area (Å²) in [5, 5.41) is 19.5. The number of guanidine groups is 1. The maximum absolute atomic E-state index is 13.2. The standard InChI is InChI=1S/C23H27ClN8O4S2/c1-16(2)32-27-14-21(28-32)38(35,36)30-23(26-12-13-37(25,33)34)31-15-20(17-6-4-3-5-7-17)22(29-31)18-8-10-19(24)11-9-18/h3-11,14,16,20H,12-13,15H2,1-2H3,(H,26,30)(H2,25,33,34). The summed E-state index contributed by atoms with van der Waals surface area (Å²) < 4.78 is 51.8. The molecule has 0 saturated carbocycles. The Kier molecular flexibility index (Phi) is 8.16. The minimum absolute atomic E-state index is 0.154. The molecule has 1 aliphatic heterocycles. The smallest absolute Gasteiger partial charge is 0.250 e. The first-order valence-corrected chi connectivity index (χ1v) is 15.2. The third-order valence-corrected chi connectivity index (χ3v) is 7.78. The van der Waals surface area contributed by atoms with E-state index in [9.17, 15) is 16.8 Å². The van der Waals surface area contributed by atoms with Gasteiger partial charge >= 0.3 is 0 Å². The average Bonchev–Trinajstić information content (AvgIpc) is 3.53. The van der Waals surface area contributed by atoms with Gasteiger partial charge in [-0.3, -0.25) is 0 Å². The molecule has 0 aliphatic carbocycles. The number of sulfonamides is 2. The highest BCUT2D eigenvalue weighted by molar-refractivity contribution is 7.90. The molecule has 1 atom stereocenters. The highest BCUT2D eigenvalue weighted by atomic mass is 35.5. The minimum Gasteiger partial charge on any atom is -0.250 e. The van der Waals surface area contributed by atoms with E-state index >= 15 is 0 Å². The molecule has 2 aromatic carbocycles. The molecule has 1 aliphatic rings. The Labute approximate surface area is 226 Å². The molecule has 38 heavy (non-hydrogen) atoms. The van der Waals surface area contributed by atoms with Gasteiger partial charge in [0.25, 0.3) is 10.0 Å². The first-order chi connectivity index (χ1) is 17.9. The van der Waals surface area contributed by atoms with Crippen LogP contribution in [0, 0.1) is 0 Å². The SMILES string of the molecule is CC(C)n1ncc(S(=O)(=O)NC(=NCCS(N)(=O)=O)N2CC(c3ccccc3)C(c3ccc(Cl)cc3)=N2)n1. The number of hydrogen-bond acceptors (Lipinski definition) is 8. The fourth-order valence-corrected chi connectivity index (χ4v) is 5.08. The van der Waals surface area contributed by atoms with Crippen LogP contribution in [0.5, 0.6) is 0 Å². The van der Waals surface area contributed by atoms with Gasteiger partial charge in [-0.25, -0.2) is 28.3 Å². The van der Waals surface area contributed by atoms with Crippen LogP contribution in [0.3, 0.4) is 0 Å². The van der Waals surface area contributed by atoms with Gasteiger partial charge in [-0.15, -0.1) is 5.10 Å². The lowest BCUT2D eigenvalue weighted by Gasteiger charge is -2.19. The number of primary sulfonamides is 1. The van der Waals surface area contributed by atoms with Gasteiger partial charge in [0.1, 0.15) is 0 Å². The van der Waals surface area contributed by atoms with Gasteiger partial charge < -0.3 is 0 Å². The zero-order valence-corrected chi connectivity index (χ0v) is 23.0. The van der Waals surface area contributed by atoms with Crippen molar-refractivity contribution in [2.45, 2.75) is 30.8 Å². The van der Waals surface area contributed by atoms with Gasteiger partial charge in [0.15, 0.2) is 0 Å². The molecule has 15 heteroatoms. The summed E-state index contributed by atoms with van der Waals surface area (Å²) >= 11 is 6.08. The Balaban J connectivity index is 1.73. The van der Waals surface area contributed by atoms with Crippen LogP contribution in [-0.2, 0) is 20.0 Å². The van der Waals surface area contributed by atoms with Gasteiger partial charge in [0, 0.05) is 10.9 Å². The Morgan fingerprint density at radius 3 is 2.42 bits per heavy atom. The number of hydrazone groups is 1. The predicted octanol–water partition coefficient (Wildman–Crippen LogP) is 1.94. The third-order valence-electron chi connectivity index (χ3n) is 5.59. The average molecular weight is 579 g/mol. The van der Waals surface area contributed by atoms with E-state index in [0.717, 1.165) is 17.3 Å². The van der Waals surface area contributed by atoms with Crippen LogP contribution in [0.2, 0.25) is 5.02 Å². The van der Waals surface area contributed by atoms with E-state index in [1.165, 1.54) is 9.81 Å². The molecular weight excluding hydrogens is 552 g/mol. The minimum atomic E-state index is -4.23. The number of nitrogens with zero attached hydrogens (tertiary/aromatic N) is 6. The number of nitrogens with two attached hydrogens (primary N) is 1. The second-order valence-corrected chi connectivity index (χ2v) is 12.6. The Morgan fingerprint density at radius 1 is 1.13 bits per heavy atom. The van der Waals surface area contributed by atoms with Crippen molar-refractivity contribution in [3.8, 4) is 0 Å². The summed E-state index contributed by atoms with van der Waals surface area (Å²) in [7, 11) is -8.06. The fourth-order valence-electron chi connectivity index (χ4n) is 3.71. The lowest BCUT2D eigenvalue weighted by molar-refractivity contribution is 0.454. The summed E-state index contributed by atoms with van der Waals surface area (Å²) in [5.41, 5.74) is 2.41. The van der Waals surface area contributed by atoms with Crippen LogP contribution in [0.25, 0.3) is 0 Å². The van der Waals surface area contributed by atoms with Crippen molar-refractivity contribution in [3.63, 3.8) is 0 Å². The number of halogens is 1. The van der Waals surface area contributed by atoms with Crippen LogP contribution >= 0.6 is 11.6 Å². The highest BCUT2D eigenvalue weighted by Crippen LogP contribution is 2.29. The van der Waals surface area contributed by atoms with Gasteiger partial charge in [-0.1, -0.05) is 54.1 Å². The molecule has 0 fully saturated rings. The quantitative estimate of drug-likeness (QED) is 0.304. The molecule has 2 heterocycles. The summed E-state index contributed by atoms with van der Waals surface area (Å²) in [5.74, 6) is -0.893. The van der Waals surface area contributed by atoms with Gasteiger partial charge in [-0.05, 0) is 37.1 Å². The van der Waals surface area contributed by atoms with Crippen molar-refractivity contribution in [3.05, 3.63) is 76.9 Å². The number of nitrogens with one attached hydrogen (secondary N) is 1. The molecule has 0 radical (unpaired) electrons. The number of benzene rings is 2. The van der Waals surface area contributed by atoms with Crippen LogP contribution in [0.1, 0.15) is 36.9 Å². The zero-order valence-electron chi connectivity index (χ0n) is 20.6. The topological polar surface area (TPSA) is 165 Å². The summed E-state index contributed by atoms with van der Waals surface area (Å²) in [4.78, 5) is 5.49. The molecule has 1 aromatic heterocycles. The van der Waals surface area contributed by atoms with Crippen molar-refractivity contribution >= 4 is 43.3 Å². The van der Waals surface area contributed by atoms with Crippen molar-refractivity contribution in [1.82, 2.24) is 24.7 Å². The molecule has 3 aromatic rings. The molecule has 0 spiro atoms. The number of aliphatic imine (C=N–C) groups is 1. The number of hydrogen-bond donors (Lipinski definition) is 2. The molecule has 12 nitrogen and oxygen atoms in total. The maximum Gasteiger partial charge on any atom is 0.285 e. The predicted molar refractivity (Wildman–Crippen MR) is 145 cm³/mol. The summed E-state index contributed by atoms with van der Waals surface area (Å²) in [6.07, 6.45) is 1.13. The van der Waals surface area contributed by atoms with Crippen molar-refractivity contribution in [2.75, 3.05) is 18.8 Å². The van der Waals surface area contributed by atoms with Crippen LogP contribution < -0.4 is 9.86 Å². The fraction of sp³-hybridized carbons (Fsp3) is 0.304. The third kappa shape index (κ3) is 6.75. The molecule has 202 valence electrons. The molecule has 0 amide bonds. The lowest BCUT2D eigenvalue weighted by atomic mass is 9.91. The maximum atomic E-state index is 13.2. The van der Waals surface area contributed by atoms with Gasteiger partial charge in [0.05, 0.1) is 36.8 Å². The van der Waals surface area contributed by atoms with Crippen LogP contribution in [0.15, 0.2) is 75.9 Å². The van der Waals surface area contributed by atoms with Crippen LogP contribution in [0.4, 0.5) is 0 Å². The van der Waals surface area contributed by atoms with Crippen LogP contribution in [-0.4, -0.2) is 67.4 Å². The number of rotatable bonds is 8. The van der Waals surface area contributed by atoms with E-state index in [2.05, 4.69) is 19.9 Å². The van der Waals surface area contributed by atoms with E-state index < -0.39 is 25.8 Å². The van der Waals surface area contributed by atoms with Crippen molar-refractivity contribution in [1.29, 1.82) is 0 Å². The highest BCUT2D eigenvalue weighted by Gasteiger charge is 2.33. The van der Waals surface area contributed by atoms with Gasteiger partial charge in [-0.2, -0.15) is 23.4 Å². The largest absolute Gasteiger partial charge is 0.285 e. The van der Waals surface area contributed by atoms with E-state index in [-0.39, 0.29) is 36.0 Å². The van der Waals surface area contributed by atoms with Crippen molar-refractivity contribution in [2.24, 2.45) is 15.2 Å². The molecule has 4 rings (SSSR count). The van der Waals surface area contributed by atoms with E-state index in [4.69, 9.17) is 21.8 Å². The molecule has 0 saturated heterocycles. The summed E-state index contributed by atoms with van der Waals surface area (Å²) in [6.45, 7) is 3.57. The zero-order chi connectivity index (χ0) is 27.5. The normalized spacial score (nSPS) is 16.7. The number of aromatic nitrogens is 3.